The Morgan fingerprint density at radius 2 is 1.84 bits per heavy atom. The molecule has 0 spiro atoms. The Morgan fingerprint density at radius 1 is 1.16 bits per heavy atom. The molecule has 1 aromatic heterocycles. The maximum atomic E-state index is 12.6. The molecular formula is C17H14N2O5S. The second-order valence-electron chi connectivity index (χ2n) is 5.63. The van der Waals surface area contributed by atoms with Gasteiger partial charge in [0.25, 0.3) is 5.56 Å². The summed E-state index contributed by atoms with van der Waals surface area (Å²) in [5, 5.41) is 9.27. The summed E-state index contributed by atoms with van der Waals surface area (Å²) in [7, 11) is -3.28. The number of rotatable bonds is 4. The van der Waals surface area contributed by atoms with E-state index in [-0.39, 0.29) is 27.9 Å². The number of hydrogen-bond acceptors (Lipinski definition) is 5. The molecule has 128 valence electrons. The van der Waals surface area contributed by atoms with Crippen molar-refractivity contribution in [3.05, 3.63) is 70.3 Å². The highest BCUT2D eigenvalue weighted by Crippen LogP contribution is 2.13. The van der Waals surface area contributed by atoms with Gasteiger partial charge in [0.2, 0.25) is 0 Å². The van der Waals surface area contributed by atoms with E-state index >= 15 is 0 Å². The molecule has 0 amide bonds. The van der Waals surface area contributed by atoms with Crippen molar-refractivity contribution in [2.24, 2.45) is 0 Å². The molecule has 0 fully saturated rings. The molecule has 2 aromatic carbocycles. The van der Waals surface area contributed by atoms with Gasteiger partial charge in [0.05, 0.1) is 34.2 Å². The monoisotopic (exact) mass is 358 g/mol. The fourth-order valence-corrected chi connectivity index (χ4v) is 3.07. The van der Waals surface area contributed by atoms with Crippen molar-refractivity contribution in [1.82, 2.24) is 9.55 Å². The Balaban J connectivity index is 2.00. The van der Waals surface area contributed by atoms with Crippen LogP contribution in [-0.2, 0) is 16.4 Å². The summed E-state index contributed by atoms with van der Waals surface area (Å²) < 4.78 is 24.3. The van der Waals surface area contributed by atoms with Crippen molar-refractivity contribution in [3.63, 3.8) is 0 Å². The van der Waals surface area contributed by atoms with E-state index in [1.54, 1.807) is 12.1 Å². The first-order chi connectivity index (χ1) is 11.8. The molecule has 0 aliphatic heterocycles. The second-order valence-corrected chi connectivity index (χ2v) is 7.65. The van der Waals surface area contributed by atoms with E-state index in [4.69, 9.17) is 5.11 Å². The molecule has 0 saturated heterocycles. The van der Waals surface area contributed by atoms with Crippen LogP contribution in [-0.4, -0.2) is 35.3 Å². The molecule has 0 aliphatic carbocycles. The number of carboxylic acids is 1. The number of nitrogens with zero attached hydrogens (tertiary/aromatic N) is 2. The van der Waals surface area contributed by atoms with Gasteiger partial charge in [-0.15, -0.1) is 0 Å². The summed E-state index contributed by atoms with van der Waals surface area (Å²) in [6, 6.07) is 10.4. The van der Waals surface area contributed by atoms with Crippen LogP contribution in [0.25, 0.3) is 10.9 Å². The zero-order valence-electron chi connectivity index (χ0n) is 13.2. The van der Waals surface area contributed by atoms with Crippen LogP contribution in [0, 0.1) is 0 Å². The third kappa shape index (κ3) is 3.43. The highest BCUT2D eigenvalue weighted by molar-refractivity contribution is 7.90. The number of aromatic carboxylic acids is 1. The van der Waals surface area contributed by atoms with Gasteiger partial charge in [0.15, 0.2) is 9.84 Å². The lowest BCUT2D eigenvalue weighted by molar-refractivity contribution is 0.0697. The summed E-state index contributed by atoms with van der Waals surface area (Å²) in [6.45, 7) is 0.198. The van der Waals surface area contributed by atoms with E-state index in [2.05, 4.69) is 4.98 Å². The first kappa shape index (κ1) is 16.8. The van der Waals surface area contributed by atoms with Gasteiger partial charge in [-0.25, -0.2) is 18.2 Å². The van der Waals surface area contributed by atoms with Crippen molar-refractivity contribution in [3.8, 4) is 0 Å². The lowest BCUT2D eigenvalue weighted by Crippen LogP contribution is -2.21. The first-order valence-electron chi connectivity index (χ1n) is 7.27. The van der Waals surface area contributed by atoms with Crippen LogP contribution in [0.1, 0.15) is 15.9 Å². The number of benzene rings is 2. The first-order valence-corrected chi connectivity index (χ1v) is 9.16. The van der Waals surface area contributed by atoms with Crippen molar-refractivity contribution in [1.29, 1.82) is 0 Å². The molecule has 0 aliphatic rings. The second kappa shape index (κ2) is 6.14. The number of fused-ring (bicyclic) bond motifs is 1. The predicted molar refractivity (Wildman–Crippen MR) is 91.6 cm³/mol. The molecular weight excluding hydrogens is 344 g/mol. The van der Waals surface area contributed by atoms with Crippen LogP contribution >= 0.6 is 0 Å². The van der Waals surface area contributed by atoms with Gasteiger partial charge < -0.3 is 5.11 Å². The summed E-state index contributed by atoms with van der Waals surface area (Å²) in [5.41, 5.74) is 0.797. The fraction of sp³-hybridized carbons (Fsp3) is 0.118. The fourth-order valence-electron chi connectivity index (χ4n) is 2.44. The molecule has 3 rings (SSSR count). The van der Waals surface area contributed by atoms with E-state index in [1.807, 2.05) is 0 Å². The summed E-state index contributed by atoms with van der Waals surface area (Å²) in [5.74, 6) is -1.12. The summed E-state index contributed by atoms with van der Waals surface area (Å²) >= 11 is 0. The number of carbonyl (C=O) groups is 1. The molecule has 1 heterocycles. The van der Waals surface area contributed by atoms with Crippen molar-refractivity contribution in [2.75, 3.05) is 6.26 Å². The third-order valence-corrected chi connectivity index (χ3v) is 4.90. The largest absolute Gasteiger partial charge is 0.478 e. The predicted octanol–water partition coefficient (Wildman–Crippen LogP) is 1.55. The molecule has 8 heteroatoms. The smallest absolute Gasteiger partial charge is 0.335 e. The van der Waals surface area contributed by atoms with Crippen LogP contribution in [0.3, 0.4) is 0 Å². The van der Waals surface area contributed by atoms with Gasteiger partial charge in [-0.3, -0.25) is 9.36 Å². The van der Waals surface area contributed by atoms with Crippen molar-refractivity contribution >= 4 is 26.7 Å². The third-order valence-electron chi connectivity index (χ3n) is 3.78. The van der Waals surface area contributed by atoms with E-state index in [0.29, 0.717) is 5.52 Å². The topological polar surface area (TPSA) is 106 Å². The Bertz CT molecular complexity index is 1130. The lowest BCUT2D eigenvalue weighted by Gasteiger charge is -2.08. The molecule has 0 radical (unpaired) electrons. The van der Waals surface area contributed by atoms with E-state index < -0.39 is 15.8 Å². The molecule has 0 unspecified atom stereocenters. The highest BCUT2D eigenvalue weighted by atomic mass is 32.2. The van der Waals surface area contributed by atoms with E-state index in [9.17, 15) is 18.0 Å². The maximum Gasteiger partial charge on any atom is 0.335 e. The minimum absolute atomic E-state index is 0.0154. The van der Waals surface area contributed by atoms with Crippen LogP contribution in [0.5, 0.6) is 0 Å². The lowest BCUT2D eigenvalue weighted by atomic mass is 10.1. The average molecular weight is 358 g/mol. The van der Waals surface area contributed by atoms with Gasteiger partial charge in [0.1, 0.15) is 0 Å². The maximum absolute atomic E-state index is 12.6. The minimum Gasteiger partial charge on any atom is -0.478 e. The van der Waals surface area contributed by atoms with Gasteiger partial charge >= 0.3 is 5.97 Å². The molecule has 1 N–H and O–H groups in total. The molecule has 0 bridgehead atoms. The molecule has 3 aromatic rings. The van der Waals surface area contributed by atoms with Crippen LogP contribution in [0.2, 0.25) is 0 Å². The number of aromatic nitrogens is 2. The molecule has 0 atom stereocenters. The number of carboxylic acid groups (broad SMARTS) is 1. The summed E-state index contributed by atoms with van der Waals surface area (Å²) in [6.07, 6.45) is 2.51. The number of hydrogen-bond donors (Lipinski definition) is 1. The van der Waals surface area contributed by atoms with Gasteiger partial charge in [-0.2, -0.15) is 0 Å². The quantitative estimate of drug-likeness (QED) is 0.758. The molecule has 7 nitrogen and oxygen atoms in total. The molecule has 25 heavy (non-hydrogen) atoms. The highest BCUT2D eigenvalue weighted by Gasteiger charge is 2.10. The van der Waals surface area contributed by atoms with Crippen molar-refractivity contribution in [2.45, 2.75) is 11.4 Å². The normalized spacial score (nSPS) is 11.6. The Morgan fingerprint density at radius 3 is 2.44 bits per heavy atom. The van der Waals surface area contributed by atoms with E-state index in [0.717, 1.165) is 11.8 Å². The average Bonchev–Trinajstić information content (AvgIpc) is 2.57. The van der Waals surface area contributed by atoms with Crippen LogP contribution < -0.4 is 5.56 Å². The molecule has 0 saturated carbocycles. The SMILES string of the molecule is CS(=O)(=O)c1ccc(Cn2cnc3ccc(C(=O)O)cc3c2=O)cc1. The zero-order valence-corrected chi connectivity index (χ0v) is 14.0. The van der Waals surface area contributed by atoms with Crippen molar-refractivity contribution < 1.29 is 18.3 Å². The Hall–Kier alpha value is -3.00. The standard InChI is InChI=1S/C17H14N2O5S/c1-25(23,24)13-5-2-11(3-6-13)9-19-10-18-15-7-4-12(17(21)22)8-14(15)16(19)20/h2-8,10H,9H2,1H3,(H,21,22). The van der Waals surface area contributed by atoms with Gasteiger partial charge in [-0.1, -0.05) is 12.1 Å². The summed E-state index contributed by atoms with van der Waals surface area (Å²) in [4.78, 5) is 28.0. The van der Waals surface area contributed by atoms with Gasteiger partial charge in [0, 0.05) is 6.26 Å². The van der Waals surface area contributed by atoms with Crippen LogP contribution in [0.4, 0.5) is 0 Å². The number of sulfone groups is 1. The minimum atomic E-state index is -3.28. The van der Waals surface area contributed by atoms with Gasteiger partial charge in [-0.05, 0) is 35.9 Å². The van der Waals surface area contributed by atoms with E-state index in [1.165, 1.54) is 41.2 Å². The Labute approximate surface area is 143 Å². The Kier molecular flexibility index (Phi) is 4.13. The zero-order chi connectivity index (χ0) is 18.2. The van der Waals surface area contributed by atoms with Crippen LogP contribution in [0.15, 0.2) is 58.5 Å².